The number of unbranched alkanes of at least 4 members (excludes halogenated alkanes) is 5. The number of hydrogen-bond acceptors (Lipinski definition) is 4. The molecule has 0 saturated carbocycles. The number of phenolic OH excluding ortho intramolecular Hbond substituents is 1. The molecule has 0 spiro atoms. The summed E-state index contributed by atoms with van der Waals surface area (Å²) in [5.41, 5.74) is 0.769. The molecule has 5 heteroatoms. The van der Waals surface area contributed by atoms with Gasteiger partial charge in [-0.1, -0.05) is 50.8 Å². The van der Waals surface area contributed by atoms with Gasteiger partial charge >= 0.3 is 0 Å². The molecule has 3 N–H and O–H groups in total. The van der Waals surface area contributed by atoms with Crippen LogP contribution in [0.25, 0.3) is 0 Å². The van der Waals surface area contributed by atoms with E-state index in [1.165, 1.54) is 37.8 Å². The third-order valence-electron chi connectivity index (χ3n) is 4.17. The molecule has 1 aromatic rings. The number of ether oxygens (including phenoxy) is 1. The fraction of sp³-hybridized carbons (Fsp3) is 0.526. The molecule has 24 heavy (non-hydrogen) atoms. The lowest BCUT2D eigenvalue weighted by Gasteiger charge is -2.30. The quantitative estimate of drug-likeness (QED) is 0.505. The van der Waals surface area contributed by atoms with Crippen LogP contribution < -0.4 is 10.1 Å². The summed E-state index contributed by atoms with van der Waals surface area (Å²) in [4.78, 5) is 12.0. The van der Waals surface area contributed by atoms with E-state index in [2.05, 4.69) is 12.2 Å². The van der Waals surface area contributed by atoms with E-state index in [1.54, 1.807) is 6.07 Å². The number of benzene rings is 1. The molecular formula is C19H27NO4. The highest BCUT2D eigenvalue weighted by Gasteiger charge is 2.30. The molecule has 0 fully saturated rings. The summed E-state index contributed by atoms with van der Waals surface area (Å²) >= 11 is 0. The molecule has 0 aromatic heterocycles. The van der Waals surface area contributed by atoms with Crippen molar-refractivity contribution >= 4 is 5.91 Å². The van der Waals surface area contributed by atoms with Crippen LogP contribution in [0.4, 0.5) is 0 Å². The molecule has 1 heterocycles. The third-order valence-corrected chi connectivity index (χ3v) is 4.17. The molecule has 0 bridgehead atoms. The Morgan fingerprint density at radius 1 is 1.33 bits per heavy atom. The highest BCUT2D eigenvalue weighted by Crippen LogP contribution is 2.35. The Kier molecular flexibility index (Phi) is 7.12. The lowest BCUT2D eigenvalue weighted by atomic mass is 10.0. The number of phenols is 1. The molecule has 2 atom stereocenters. The zero-order valence-corrected chi connectivity index (χ0v) is 14.2. The van der Waals surface area contributed by atoms with Crippen LogP contribution in [0.1, 0.15) is 51.0 Å². The minimum atomic E-state index is -1.17. The first-order valence-corrected chi connectivity index (χ1v) is 8.74. The summed E-state index contributed by atoms with van der Waals surface area (Å²) in [5.74, 6) is 0.0530. The first-order valence-electron chi connectivity index (χ1n) is 8.74. The number of aromatic hydroxyl groups is 1. The Bertz CT molecular complexity index is 570. The van der Waals surface area contributed by atoms with Gasteiger partial charge in [-0.15, -0.1) is 0 Å². The van der Waals surface area contributed by atoms with Crippen molar-refractivity contribution < 1.29 is 19.7 Å². The van der Waals surface area contributed by atoms with E-state index in [-0.39, 0.29) is 17.4 Å². The van der Waals surface area contributed by atoms with Crippen molar-refractivity contribution in [1.29, 1.82) is 0 Å². The van der Waals surface area contributed by atoms with Gasteiger partial charge < -0.3 is 20.3 Å². The number of hydrogen-bond donors (Lipinski definition) is 3. The average molecular weight is 333 g/mol. The van der Waals surface area contributed by atoms with Crippen LogP contribution in [0, 0.1) is 0 Å². The van der Waals surface area contributed by atoms with E-state index in [0.717, 1.165) is 18.4 Å². The minimum Gasteiger partial charge on any atom is -0.504 e. The SMILES string of the molecule is CCCCCCC/C=C/C(=O)NC1Cc2cccc(O)c2OC1O. The van der Waals surface area contributed by atoms with Crippen LogP contribution in [0.15, 0.2) is 30.4 Å². The van der Waals surface area contributed by atoms with Gasteiger partial charge in [-0.05, 0) is 25.0 Å². The summed E-state index contributed by atoms with van der Waals surface area (Å²) in [6.45, 7) is 2.19. The molecule has 0 radical (unpaired) electrons. The molecule has 0 saturated heterocycles. The molecule has 2 rings (SSSR count). The van der Waals surface area contributed by atoms with Gasteiger partial charge in [-0.2, -0.15) is 0 Å². The predicted molar refractivity (Wildman–Crippen MR) is 92.9 cm³/mol. The fourth-order valence-corrected chi connectivity index (χ4v) is 2.82. The molecule has 5 nitrogen and oxygen atoms in total. The molecule has 0 aliphatic carbocycles. The second-order valence-electron chi connectivity index (χ2n) is 6.20. The van der Waals surface area contributed by atoms with Gasteiger partial charge in [0.15, 0.2) is 11.5 Å². The summed E-state index contributed by atoms with van der Waals surface area (Å²) in [7, 11) is 0. The molecule has 132 valence electrons. The van der Waals surface area contributed by atoms with Gasteiger partial charge in [-0.3, -0.25) is 4.79 Å². The minimum absolute atomic E-state index is 0.000652. The number of amides is 1. The average Bonchev–Trinajstić information content (AvgIpc) is 2.56. The number of carbonyl (C=O) groups excluding carboxylic acids is 1. The predicted octanol–water partition coefficient (Wildman–Crippen LogP) is 3.05. The van der Waals surface area contributed by atoms with Gasteiger partial charge in [0.05, 0.1) is 6.04 Å². The maximum absolute atomic E-state index is 12.0. The Morgan fingerprint density at radius 2 is 2.12 bits per heavy atom. The fourth-order valence-electron chi connectivity index (χ4n) is 2.82. The highest BCUT2D eigenvalue weighted by molar-refractivity contribution is 5.87. The van der Waals surface area contributed by atoms with Gasteiger partial charge in [0, 0.05) is 12.0 Å². The molecule has 1 amide bonds. The van der Waals surface area contributed by atoms with E-state index < -0.39 is 12.3 Å². The number of rotatable bonds is 8. The number of allylic oxidation sites excluding steroid dienone is 1. The van der Waals surface area contributed by atoms with Crippen LogP contribution in [0.2, 0.25) is 0 Å². The van der Waals surface area contributed by atoms with Crippen molar-refractivity contribution in [1.82, 2.24) is 5.32 Å². The van der Waals surface area contributed by atoms with E-state index >= 15 is 0 Å². The van der Waals surface area contributed by atoms with Crippen molar-refractivity contribution in [3.8, 4) is 11.5 Å². The third kappa shape index (κ3) is 5.27. The molecule has 1 aromatic carbocycles. The Labute approximate surface area is 143 Å². The largest absolute Gasteiger partial charge is 0.504 e. The smallest absolute Gasteiger partial charge is 0.244 e. The standard InChI is InChI=1S/C19H27NO4/c1-2-3-4-5-6-7-8-12-17(22)20-15-13-14-10-9-11-16(21)18(14)24-19(15)23/h8-12,15,19,21,23H,2-7,13H2,1H3,(H,20,22)/b12-8+. The zero-order chi connectivity index (χ0) is 17.4. The zero-order valence-electron chi connectivity index (χ0n) is 14.2. The van der Waals surface area contributed by atoms with Crippen molar-refractivity contribution in [2.45, 2.75) is 64.2 Å². The molecule has 2 unspecified atom stereocenters. The monoisotopic (exact) mass is 333 g/mol. The van der Waals surface area contributed by atoms with Crippen LogP contribution in [-0.2, 0) is 11.2 Å². The molecular weight excluding hydrogens is 306 g/mol. The Hall–Kier alpha value is -2.01. The maximum Gasteiger partial charge on any atom is 0.244 e. The van der Waals surface area contributed by atoms with Crippen molar-refractivity contribution in [3.63, 3.8) is 0 Å². The maximum atomic E-state index is 12.0. The van der Waals surface area contributed by atoms with Crippen molar-refractivity contribution in [2.75, 3.05) is 0 Å². The first-order chi connectivity index (χ1) is 11.6. The van der Waals surface area contributed by atoms with E-state index in [0.29, 0.717) is 6.42 Å². The molecule has 1 aliphatic heterocycles. The van der Waals surface area contributed by atoms with E-state index in [9.17, 15) is 15.0 Å². The van der Waals surface area contributed by atoms with Gasteiger partial charge in [0.2, 0.25) is 12.2 Å². The van der Waals surface area contributed by atoms with Gasteiger partial charge in [0.1, 0.15) is 0 Å². The normalized spacial score (nSPS) is 19.8. The van der Waals surface area contributed by atoms with Crippen molar-refractivity contribution in [3.05, 3.63) is 35.9 Å². The number of nitrogens with one attached hydrogen (secondary N) is 1. The summed E-state index contributed by atoms with van der Waals surface area (Å²) < 4.78 is 5.32. The number of para-hydroxylation sites is 1. The number of carbonyl (C=O) groups is 1. The number of fused-ring (bicyclic) bond motifs is 1. The Balaban J connectivity index is 1.78. The van der Waals surface area contributed by atoms with Crippen LogP contribution in [0.5, 0.6) is 11.5 Å². The summed E-state index contributed by atoms with van der Waals surface area (Å²) in [5, 5.41) is 22.5. The Morgan fingerprint density at radius 3 is 2.92 bits per heavy atom. The van der Waals surface area contributed by atoms with E-state index in [1.807, 2.05) is 12.1 Å². The highest BCUT2D eigenvalue weighted by atomic mass is 16.6. The topological polar surface area (TPSA) is 78.8 Å². The second kappa shape index (κ2) is 9.33. The number of aliphatic hydroxyl groups excluding tert-OH is 1. The second-order valence-corrected chi connectivity index (χ2v) is 6.20. The van der Waals surface area contributed by atoms with Gasteiger partial charge in [0.25, 0.3) is 0 Å². The first kappa shape index (κ1) is 18.3. The number of aliphatic hydroxyl groups is 1. The van der Waals surface area contributed by atoms with Crippen LogP contribution >= 0.6 is 0 Å². The van der Waals surface area contributed by atoms with Crippen LogP contribution in [-0.4, -0.2) is 28.5 Å². The van der Waals surface area contributed by atoms with Crippen molar-refractivity contribution in [2.24, 2.45) is 0 Å². The summed E-state index contributed by atoms with van der Waals surface area (Å²) in [6, 6.07) is 4.51. The lowest BCUT2D eigenvalue weighted by Crippen LogP contribution is -2.49. The van der Waals surface area contributed by atoms with E-state index in [4.69, 9.17) is 4.74 Å². The molecule has 1 aliphatic rings. The lowest BCUT2D eigenvalue weighted by molar-refractivity contribution is -0.121. The van der Waals surface area contributed by atoms with Crippen LogP contribution in [0.3, 0.4) is 0 Å². The van der Waals surface area contributed by atoms with Gasteiger partial charge in [-0.25, -0.2) is 0 Å². The summed E-state index contributed by atoms with van der Waals surface area (Å²) in [6.07, 6.45) is 9.54.